The third-order valence-corrected chi connectivity index (χ3v) is 6.34. The van der Waals surface area contributed by atoms with Crippen molar-refractivity contribution in [1.29, 1.82) is 0 Å². The topological polar surface area (TPSA) is 21.6 Å². The van der Waals surface area contributed by atoms with Gasteiger partial charge in [-0.1, -0.05) is 74.9 Å². The van der Waals surface area contributed by atoms with Crippen molar-refractivity contribution >= 4 is 56.4 Å². The van der Waals surface area contributed by atoms with Crippen LogP contribution in [0, 0.1) is 0 Å². The van der Waals surface area contributed by atoms with E-state index in [-0.39, 0.29) is 26.3 Å². The van der Waals surface area contributed by atoms with Gasteiger partial charge in [0, 0.05) is 22.0 Å². The molecule has 9 heteroatoms. The van der Waals surface area contributed by atoms with E-state index < -0.39 is 18.2 Å². The van der Waals surface area contributed by atoms with Crippen molar-refractivity contribution in [3.63, 3.8) is 0 Å². The van der Waals surface area contributed by atoms with E-state index >= 15 is 0 Å². The van der Waals surface area contributed by atoms with E-state index in [2.05, 4.69) is 21.1 Å². The molecule has 2 nitrogen and oxygen atoms in total. The molecule has 27 heavy (non-hydrogen) atoms. The van der Waals surface area contributed by atoms with Crippen LogP contribution in [0.2, 0.25) is 15.1 Å². The number of aryl methyl sites for hydroxylation is 1. The molecule has 3 rings (SSSR count). The Morgan fingerprint density at radius 2 is 1.78 bits per heavy atom. The average molecular weight is 502 g/mol. The first-order valence-electron chi connectivity index (χ1n) is 7.84. The van der Waals surface area contributed by atoms with Gasteiger partial charge >= 0.3 is 6.18 Å². The minimum absolute atomic E-state index is 0.0161. The number of halogens is 7. The molecule has 0 N–H and O–H groups in total. The zero-order valence-electron chi connectivity index (χ0n) is 13.8. The molecule has 1 heterocycles. The molecule has 0 bridgehead atoms. The molecule has 144 valence electrons. The van der Waals surface area contributed by atoms with Crippen molar-refractivity contribution < 1.29 is 18.0 Å². The molecule has 0 aliphatic carbocycles. The summed E-state index contributed by atoms with van der Waals surface area (Å²) < 4.78 is 42.9. The maximum absolute atomic E-state index is 14.0. The first kappa shape index (κ1) is 20.8. The Hall–Kier alpha value is -0.950. The molecule has 0 amide bonds. The van der Waals surface area contributed by atoms with Crippen LogP contribution in [-0.4, -0.2) is 11.9 Å². The van der Waals surface area contributed by atoms with Gasteiger partial charge in [0.15, 0.2) is 0 Å². The summed E-state index contributed by atoms with van der Waals surface area (Å²) in [4.78, 5) is 4.99. The molecule has 2 aromatic rings. The van der Waals surface area contributed by atoms with Gasteiger partial charge in [-0.3, -0.25) is 0 Å². The molecule has 0 saturated heterocycles. The van der Waals surface area contributed by atoms with Gasteiger partial charge < -0.3 is 4.84 Å². The molecule has 1 aliphatic heterocycles. The second-order valence-electron chi connectivity index (χ2n) is 6.04. The smallest absolute Gasteiger partial charge is 0.374 e. The predicted molar refractivity (Wildman–Crippen MR) is 105 cm³/mol. The van der Waals surface area contributed by atoms with E-state index in [0.29, 0.717) is 5.56 Å². The molecular weight excluding hydrogens is 489 g/mol. The van der Waals surface area contributed by atoms with Crippen LogP contribution in [0.5, 0.6) is 0 Å². The molecule has 0 radical (unpaired) electrons. The van der Waals surface area contributed by atoms with Crippen molar-refractivity contribution in [2.75, 3.05) is 0 Å². The van der Waals surface area contributed by atoms with Crippen LogP contribution >= 0.6 is 50.7 Å². The standard InChI is InChI=1S/C18H12BrCl3F3NO/c1-2-9-3-4-10(5-12(9)19)15-8-17(27-26-15,18(23,24)25)11-6-13(20)16(22)14(21)7-11/h3-7H,2,8H2,1H3. The molecule has 1 aliphatic rings. The molecule has 0 aromatic heterocycles. The molecule has 0 fully saturated rings. The highest BCUT2D eigenvalue weighted by molar-refractivity contribution is 9.10. The fraction of sp³-hybridized carbons (Fsp3) is 0.278. The number of hydrogen-bond acceptors (Lipinski definition) is 2. The van der Waals surface area contributed by atoms with Crippen LogP contribution in [0.25, 0.3) is 0 Å². The number of oxime groups is 1. The third kappa shape index (κ3) is 3.69. The number of alkyl halides is 3. The summed E-state index contributed by atoms with van der Waals surface area (Å²) in [5.41, 5.74) is -1.18. The summed E-state index contributed by atoms with van der Waals surface area (Å²) in [6.07, 6.45) is -4.47. The highest BCUT2D eigenvalue weighted by atomic mass is 79.9. The monoisotopic (exact) mass is 499 g/mol. The van der Waals surface area contributed by atoms with Crippen LogP contribution in [0.15, 0.2) is 40.0 Å². The second-order valence-corrected chi connectivity index (χ2v) is 8.09. The Balaban J connectivity index is 2.04. The van der Waals surface area contributed by atoms with E-state index in [9.17, 15) is 13.2 Å². The van der Waals surface area contributed by atoms with E-state index in [4.69, 9.17) is 39.6 Å². The Kier molecular flexibility index (Phi) is 5.75. The van der Waals surface area contributed by atoms with Crippen molar-refractivity contribution in [1.82, 2.24) is 0 Å². The molecule has 0 saturated carbocycles. The first-order chi connectivity index (χ1) is 12.6. The normalized spacial score (nSPS) is 19.8. The van der Waals surface area contributed by atoms with Gasteiger partial charge in [-0.05, 0) is 30.2 Å². The van der Waals surface area contributed by atoms with E-state index in [1.165, 1.54) is 0 Å². The number of hydrogen-bond donors (Lipinski definition) is 0. The first-order valence-corrected chi connectivity index (χ1v) is 9.77. The summed E-state index contributed by atoms with van der Waals surface area (Å²) in [5, 5.41) is 3.55. The van der Waals surface area contributed by atoms with Gasteiger partial charge in [0.1, 0.15) is 0 Å². The molecule has 1 unspecified atom stereocenters. The quantitative estimate of drug-likeness (QED) is 0.398. The lowest BCUT2D eigenvalue weighted by molar-refractivity contribution is -0.275. The van der Waals surface area contributed by atoms with Gasteiger partial charge in [0.2, 0.25) is 0 Å². The summed E-state index contributed by atoms with van der Waals surface area (Å²) in [6.45, 7) is 1.98. The largest absolute Gasteiger partial charge is 0.435 e. The average Bonchev–Trinajstić information content (AvgIpc) is 3.06. The van der Waals surface area contributed by atoms with Crippen LogP contribution in [0.4, 0.5) is 13.2 Å². The summed E-state index contributed by atoms with van der Waals surface area (Å²) in [5.74, 6) is 0. The predicted octanol–water partition coefficient (Wildman–Crippen LogP) is 7.55. The maximum atomic E-state index is 14.0. The van der Waals surface area contributed by atoms with E-state index in [1.807, 2.05) is 13.0 Å². The molecule has 0 spiro atoms. The van der Waals surface area contributed by atoms with Crippen LogP contribution in [0.1, 0.15) is 30.0 Å². The van der Waals surface area contributed by atoms with Gasteiger partial charge in [-0.25, -0.2) is 0 Å². The molecular formula is C18H12BrCl3F3NO. The van der Waals surface area contributed by atoms with E-state index in [1.54, 1.807) is 12.1 Å². The minimum Gasteiger partial charge on any atom is -0.374 e. The Labute approximate surface area is 177 Å². The number of rotatable bonds is 3. The van der Waals surface area contributed by atoms with Crippen LogP contribution < -0.4 is 0 Å². The third-order valence-electron chi connectivity index (χ3n) is 4.40. The van der Waals surface area contributed by atoms with Gasteiger partial charge in [-0.2, -0.15) is 13.2 Å². The summed E-state index contributed by atoms with van der Waals surface area (Å²) in [7, 11) is 0. The fourth-order valence-corrected chi connectivity index (χ4v) is 4.12. The number of nitrogens with zero attached hydrogens (tertiary/aromatic N) is 1. The summed E-state index contributed by atoms with van der Waals surface area (Å²) in [6, 6.07) is 7.51. The second kappa shape index (κ2) is 7.47. The van der Waals surface area contributed by atoms with Crippen molar-refractivity contribution in [3.05, 3.63) is 66.6 Å². The zero-order valence-corrected chi connectivity index (χ0v) is 17.7. The lowest BCUT2D eigenvalue weighted by Crippen LogP contribution is -2.42. The van der Waals surface area contributed by atoms with Gasteiger partial charge in [0.25, 0.3) is 5.60 Å². The minimum atomic E-state index is -4.75. The Bertz CT molecular complexity index is 910. The van der Waals surface area contributed by atoms with E-state index in [0.717, 1.165) is 28.6 Å². The SMILES string of the molecule is CCc1ccc(C2=NOC(c3cc(Cl)c(Cl)c(Cl)c3)(C(F)(F)F)C2)cc1Br. The highest BCUT2D eigenvalue weighted by Crippen LogP contribution is 2.50. The van der Waals surface area contributed by atoms with Crippen molar-refractivity contribution in [2.24, 2.45) is 5.16 Å². The van der Waals surface area contributed by atoms with Crippen LogP contribution in [-0.2, 0) is 16.9 Å². The molecule has 2 aromatic carbocycles. The Morgan fingerprint density at radius 1 is 1.15 bits per heavy atom. The fourth-order valence-electron chi connectivity index (χ4n) is 2.86. The maximum Gasteiger partial charge on any atom is 0.435 e. The number of benzene rings is 2. The van der Waals surface area contributed by atoms with Gasteiger partial charge in [-0.15, -0.1) is 0 Å². The van der Waals surface area contributed by atoms with Crippen molar-refractivity contribution in [3.8, 4) is 0 Å². The van der Waals surface area contributed by atoms with Crippen molar-refractivity contribution in [2.45, 2.75) is 31.5 Å². The highest BCUT2D eigenvalue weighted by Gasteiger charge is 2.62. The van der Waals surface area contributed by atoms with Gasteiger partial charge in [0.05, 0.1) is 20.8 Å². The molecule has 1 atom stereocenters. The Morgan fingerprint density at radius 3 is 2.30 bits per heavy atom. The lowest BCUT2D eigenvalue weighted by atomic mass is 9.86. The van der Waals surface area contributed by atoms with Crippen LogP contribution in [0.3, 0.4) is 0 Å². The summed E-state index contributed by atoms with van der Waals surface area (Å²) >= 11 is 21.2. The lowest BCUT2D eigenvalue weighted by Gasteiger charge is -2.30. The zero-order chi connectivity index (χ0) is 20.0.